The third kappa shape index (κ3) is 3.28. The second-order valence-electron chi connectivity index (χ2n) is 3.18. The Hall–Kier alpha value is -1.50. The van der Waals surface area contributed by atoms with Crippen LogP contribution >= 0.6 is 12.2 Å². The lowest BCUT2D eigenvalue weighted by atomic mass is 10.2. The van der Waals surface area contributed by atoms with Gasteiger partial charge in [-0.1, -0.05) is 12.2 Å². The second-order valence-corrected chi connectivity index (χ2v) is 3.65. The number of hydrogen-bond donors (Lipinski definition) is 2. The number of carbonyl (C=O) groups is 1. The fourth-order valence-corrected chi connectivity index (χ4v) is 1.02. The summed E-state index contributed by atoms with van der Waals surface area (Å²) in [6.45, 7) is 1.94. The molecule has 1 aromatic rings. The minimum Gasteiger partial charge on any atom is -0.393 e. The standard InChI is InChI=1S/C8H13N5OS/c1-5(7(9)15)8(14)10-3-6-11-4-13(2)12-6/h4-5H,3H2,1-2H3,(H2,9,15)(H,10,14). The molecule has 1 aromatic heterocycles. The van der Waals surface area contributed by atoms with Gasteiger partial charge in [-0.15, -0.1) is 0 Å². The van der Waals surface area contributed by atoms with Gasteiger partial charge in [-0.05, 0) is 6.92 Å². The molecule has 0 fully saturated rings. The predicted octanol–water partition coefficient (Wildman–Crippen LogP) is -0.646. The summed E-state index contributed by atoms with van der Waals surface area (Å²) in [6.07, 6.45) is 1.57. The Bertz CT molecular complexity index is 375. The number of hydrogen-bond acceptors (Lipinski definition) is 4. The van der Waals surface area contributed by atoms with E-state index in [1.54, 1.807) is 25.0 Å². The zero-order valence-electron chi connectivity index (χ0n) is 8.60. The Morgan fingerprint density at radius 1 is 1.80 bits per heavy atom. The maximum absolute atomic E-state index is 11.4. The van der Waals surface area contributed by atoms with E-state index in [1.807, 2.05) is 0 Å². The van der Waals surface area contributed by atoms with Crippen LogP contribution < -0.4 is 11.1 Å². The summed E-state index contributed by atoms with van der Waals surface area (Å²) in [5, 5.41) is 6.66. The van der Waals surface area contributed by atoms with Gasteiger partial charge in [0.1, 0.15) is 6.33 Å². The summed E-state index contributed by atoms with van der Waals surface area (Å²) in [5.41, 5.74) is 5.35. The fraction of sp³-hybridized carbons (Fsp3) is 0.500. The van der Waals surface area contributed by atoms with Crippen LogP contribution in [0.5, 0.6) is 0 Å². The van der Waals surface area contributed by atoms with E-state index in [4.69, 9.17) is 18.0 Å². The second kappa shape index (κ2) is 4.83. The summed E-state index contributed by atoms with van der Waals surface area (Å²) >= 11 is 4.71. The number of aryl methyl sites for hydroxylation is 1. The summed E-state index contributed by atoms with van der Waals surface area (Å²) in [5.74, 6) is -0.125. The first-order chi connectivity index (χ1) is 7.00. The van der Waals surface area contributed by atoms with Crippen LogP contribution in [0.3, 0.4) is 0 Å². The molecule has 1 unspecified atom stereocenters. The van der Waals surface area contributed by atoms with Crippen molar-refractivity contribution in [2.45, 2.75) is 13.5 Å². The van der Waals surface area contributed by atoms with Crippen LogP contribution in [0.1, 0.15) is 12.7 Å². The SMILES string of the molecule is CC(C(=O)NCc1ncn(C)n1)C(N)=S. The molecule has 0 saturated heterocycles. The highest BCUT2D eigenvalue weighted by Crippen LogP contribution is 1.96. The molecule has 6 nitrogen and oxygen atoms in total. The number of amides is 1. The van der Waals surface area contributed by atoms with E-state index in [9.17, 15) is 4.79 Å². The highest BCUT2D eigenvalue weighted by Gasteiger charge is 2.15. The first-order valence-electron chi connectivity index (χ1n) is 4.42. The van der Waals surface area contributed by atoms with Crippen molar-refractivity contribution in [3.05, 3.63) is 12.2 Å². The molecule has 1 rings (SSSR count). The van der Waals surface area contributed by atoms with Crippen LogP contribution in [0.25, 0.3) is 0 Å². The lowest BCUT2D eigenvalue weighted by molar-refractivity contribution is -0.122. The molecule has 0 aliphatic carbocycles. The lowest BCUT2D eigenvalue weighted by Crippen LogP contribution is -2.35. The number of nitrogens with zero attached hydrogens (tertiary/aromatic N) is 3. The molecule has 3 N–H and O–H groups in total. The summed E-state index contributed by atoms with van der Waals surface area (Å²) in [4.78, 5) is 15.6. The predicted molar refractivity (Wildman–Crippen MR) is 58.8 cm³/mol. The van der Waals surface area contributed by atoms with Crippen LogP contribution in [0, 0.1) is 5.92 Å². The van der Waals surface area contributed by atoms with E-state index in [-0.39, 0.29) is 17.4 Å². The Kier molecular flexibility index (Phi) is 3.73. The van der Waals surface area contributed by atoms with Gasteiger partial charge in [0.05, 0.1) is 17.5 Å². The van der Waals surface area contributed by atoms with E-state index in [0.717, 1.165) is 0 Å². The molecule has 0 aromatic carbocycles. The number of thiocarbonyl (C=S) groups is 1. The molecule has 0 radical (unpaired) electrons. The molecular weight excluding hydrogens is 214 g/mol. The van der Waals surface area contributed by atoms with Gasteiger partial charge in [0.15, 0.2) is 5.82 Å². The molecule has 1 heterocycles. The Morgan fingerprint density at radius 2 is 2.47 bits per heavy atom. The van der Waals surface area contributed by atoms with Crippen molar-refractivity contribution >= 4 is 23.1 Å². The number of aromatic nitrogens is 3. The average Bonchev–Trinajstić information content (AvgIpc) is 2.59. The highest BCUT2D eigenvalue weighted by molar-refractivity contribution is 7.80. The van der Waals surface area contributed by atoms with Crippen LogP contribution in [-0.4, -0.2) is 25.7 Å². The molecule has 0 saturated carbocycles. The van der Waals surface area contributed by atoms with Crippen LogP contribution in [0.15, 0.2) is 6.33 Å². The summed E-state index contributed by atoms with van der Waals surface area (Å²) in [7, 11) is 1.76. The van der Waals surface area contributed by atoms with Gasteiger partial charge in [-0.25, -0.2) is 4.98 Å². The molecular formula is C8H13N5OS. The van der Waals surface area contributed by atoms with Crippen LogP contribution in [0.4, 0.5) is 0 Å². The quantitative estimate of drug-likeness (QED) is 0.668. The lowest BCUT2D eigenvalue weighted by Gasteiger charge is -2.08. The zero-order chi connectivity index (χ0) is 11.4. The summed E-state index contributed by atoms with van der Waals surface area (Å²) < 4.78 is 1.57. The first kappa shape index (κ1) is 11.6. The van der Waals surface area contributed by atoms with E-state index < -0.39 is 5.92 Å². The van der Waals surface area contributed by atoms with Gasteiger partial charge in [0, 0.05) is 7.05 Å². The number of nitrogens with one attached hydrogen (secondary N) is 1. The molecule has 0 spiro atoms. The smallest absolute Gasteiger partial charge is 0.230 e. The monoisotopic (exact) mass is 227 g/mol. The van der Waals surface area contributed by atoms with E-state index in [1.165, 1.54) is 0 Å². The maximum Gasteiger partial charge on any atom is 0.230 e. The Balaban J connectivity index is 2.44. The topological polar surface area (TPSA) is 85.8 Å². The Labute approximate surface area is 92.9 Å². The van der Waals surface area contributed by atoms with Gasteiger partial charge < -0.3 is 11.1 Å². The third-order valence-corrected chi connectivity index (χ3v) is 2.24. The first-order valence-corrected chi connectivity index (χ1v) is 4.83. The molecule has 0 aliphatic heterocycles. The average molecular weight is 227 g/mol. The minimum atomic E-state index is -0.469. The third-order valence-electron chi connectivity index (χ3n) is 1.89. The highest BCUT2D eigenvalue weighted by atomic mass is 32.1. The van der Waals surface area contributed by atoms with Crippen molar-refractivity contribution in [3.63, 3.8) is 0 Å². The van der Waals surface area contributed by atoms with Crippen molar-refractivity contribution in [3.8, 4) is 0 Å². The van der Waals surface area contributed by atoms with Gasteiger partial charge in [0.25, 0.3) is 0 Å². The molecule has 0 aliphatic rings. The normalized spacial score (nSPS) is 12.1. The van der Waals surface area contributed by atoms with Gasteiger partial charge in [0.2, 0.25) is 5.91 Å². The van der Waals surface area contributed by atoms with Crippen LogP contribution in [-0.2, 0) is 18.4 Å². The maximum atomic E-state index is 11.4. The molecule has 1 atom stereocenters. The van der Waals surface area contributed by atoms with Crippen molar-refractivity contribution in [2.24, 2.45) is 18.7 Å². The molecule has 7 heteroatoms. The van der Waals surface area contributed by atoms with Crippen LogP contribution in [0.2, 0.25) is 0 Å². The summed E-state index contributed by atoms with van der Waals surface area (Å²) in [6, 6.07) is 0. The Morgan fingerprint density at radius 3 is 2.93 bits per heavy atom. The van der Waals surface area contributed by atoms with E-state index in [0.29, 0.717) is 5.82 Å². The number of nitrogens with two attached hydrogens (primary N) is 1. The molecule has 1 amide bonds. The van der Waals surface area contributed by atoms with Gasteiger partial charge in [-0.2, -0.15) is 5.10 Å². The molecule has 0 bridgehead atoms. The minimum absolute atomic E-state index is 0.182. The van der Waals surface area contributed by atoms with Gasteiger partial charge >= 0.3 is 0 Å². The van der Waals surface area contributed by atoms with Gasteiger partial charge in [-0.3, -0.25) is 9.48 Å². The number of carbonyl (C=O) groups excluding carboxylic acids is 1. The van der Waals surface area contributed by atoms with Crippen molar-refractivity contribution in [2.75, 3.05) is 0 Å². The zero-order valence-corrected chi connectivity index (χ0v) is 9.41. The van der Waals surface area contributed by atoms with E-state index >= 15 is 0 Å². The number of rotatable bonds is 4. The fourth-order valence-electron chi connectivity index (χ4n) is 0.913. The van der Waals surface area contributed by atoms with Crippen molar-refractivity contribution < 1.29 is 4.79 Å². The molecule has 15 heavy (non-hydrogen) atoms. The largest absolute Gasteiger partial charge is 0.393 e. The van der Waals surface area contributed by atoms with Crippen molar-refractivity contribution in [1.82, 2.24) is 20.1 Å². The van der Waals surface area contributed by atoms with Crippen molar-refractivity contribution in [1.29, 1.82) is 0 Å². The van der Waals surface area contributed by atoms with E-state index in [2.05, 4.69) is 15.4 Å². The molecule has 82 valence electrons.